The Labute approximate surface area is 220 Å². The van der Waals surface area contributed by atoms with Gasteiger partial charge in [-0.15, -0.1) is 0 Å². The summed E-state index contributed by atoms with van der Waals surface area (Å²) in [6, 6.07) is 9.40. The Kier molecular flexibility index (Phi) is 13.5. The van der Waals surface area contributed by atoms with Gasteiger partial charge in [0.1, 0.15) is 10.1 Å². The van der Waals surface area contributed by atoms with Crippen molar-refractivity contribution in [2.24, 2.45) is 0 Å². The van der Waals surface area contributed by atoms with Gasteiger partial charge in [0, 0.05) is 0 Å². The Bertz CT molecular complexity index is 847. The summed E-state index contributed by atoms with van der Waals surface area (Å²) >= 11 is 0. The van der Waals surface area contributed by atoms with Gasteiger partial charge in [0.15, 0.2) is 0 Å². The average Bonchev–Trinajstić information content (AvgIpc) is 2.66. The number of benzene rings is 2. The summed E-state index contributed by atoms with van der Waals surface area (Å²) in [6.07, 6.45) is 14.0. The fourth-order valence-electron chi connectivity index (χ4n) is 3.81. The zero-order valence-electron chi connectivity index (χ0n) is 18.5. The largest absolute Gasteiger partial charge is 1.00 e. The van der Waals surface area contributed by atoms with E-state index in [-0.39, 0.29) is 56.3 Å². The summed E-state index contributed by atoms with van der Waals surface area (Å²) in [5.41, 5.74) is 2.30. The van der Waals surface area contributed by atoms with Crippen LogP contribution in [0.2, 0.25) is 0 Å². The van der Waals surface area contributed by atoms with Crippen molar-refractivity contribution in [2.45, 2.75) is 95.8 Å². The smallest absolute Gasteiger partial charge is 0.744 e. The van der Waals surface area contributed by atoms with Crippen molar-refractivity contribution < 1.29 is 64.4 Å². The summed E-state index contributed by atoms with van der Waals surface area (Å²) in [5, 5.41) is 1.96. The molecule has 29 heavy (non-hydrogen) atoms. The molecule has 0 aliphatic rings. The Morgan fingerprint density at radius 3 is 1.93 bits per heavy atom. The van der Waals surface area contributed by atoms with Crippen LogP contribution >= 0.6 is 0 Å². The first kappa shape index (κ1) is 27.3. The number of fused-ring (bicyclic) bond motifs is 1. The molecular weight excluding hydrogens is 407 g/mol. The fourth-order valence-corrected chi connectivity index (χ4v) is 4.37. The van der Waals surface area contributed by atoms with Gasteiger partial charge in [-0.1, -0.05) is 83.4 Å². The molecule has 0 saturated heterocycles. The molecule has 2 aromatic rings. The first-order valence-corrected chi connectivity index (χ1v) is 12.4. The van der Waals surface area contributed by atoms with Gasteiger partial charge in [0.05, 0.1) is 4.90 Å². The van der Waals surface area contributed by atoms with E-state index in [1.807, 2.05) is 6.07 Å². The number of hydrogen-bond acceptors (Lipinski definition) is 3. The van der Waals surface area contributed by atoms with E-state index in [1.54, 1.807) is 6.07 Å². The third kappa shape index (κ3) is 9.50. The Balaban J connectivity index is 0.00000420. The fraction of sp³-hybridized carbons (Fsp3) is 0.583. The van der Waals surface area contributed by atoms with E-state index in [0.717, 1.165) is 42.0 Å². The predicted molar refractivity (Wildman–Crippen MR) is 117 cm³/mol. The Morgan fingerprint density at radius 2 is 1.34 bits per heavy atom. The Hall–Kier alpha value is 0.246. The van der Waals surface area contributed by atoms with E-state index in [9.17, 15) is 13.0 Å². The molecule has 3 nitrogen and oxygen atoms in total. The Morgan fingerprint density at radius 1 is 0.759 bits per heavy atom. The molecule has 0 heterocycles. The summed E-state index contributed by atoms with van der Waals surface area (Å²) in [5.74, 6) is 0. The monoisotopic (exact) mass is 442 g/mol. The summed E-state index contributed by atoms with van der Waals surface area (Å²) in [7, 11) is -4.44. The second-order valence-electron chi connectivity index (χ2n) is 7.92. The maximum absolute atomic E-state index is 11.6. The van der Waals surface area contributed by atoms with Gasteiger partial charge in [0.25, 0.3) is 0 Å². The van der Waals surface area contributed by atoms with Crippen LogP contribution in [0.3, 0.4) is 0 Å². The first-order valence-electron chi connectivity index (χ1n) is 11.0. The normalized spacial score (nSPS) is 11.6. The molecule has 2 rings (SSSR count). The van der Waals surface area contributed by atoms with Crippen LogP contribution in [0.25, 0.3) is 10.8 Å². The van der Waals surface area contributed by atoms with Crippen LogP contribution in [-0.2, 0) is 23.0 Å². The molecule has 0 atom stereocenters. The van der Waals surface area contributed by atoms with Crippen molar-refractivity contribution in [3.05, 3.63) is 41.5 Å². The second-order valence-corrected chi connectivity index (χ2v) is 9.30. The van der Waals surface area contributed by atoms with Crippen molar-refractivity contribution in [2.75, 3.05) is 0 Å². The summed E-state index contributed by atoms with van der Waals surface area (Å²) in [4.78, 5) is -0.101. The van der Waals surface area contributed by atoms with E-state index in [0.29, 0.717) is 0 Å². The van der Waals surface area contributed by atoms with Gasteiger partial charge < -0.3 is 4.55 Å². The van der Waals surface area contributed by atoms with Crippen molar-refractivity contribution in [1.82, 2.24) is 0 Å². The molecule has 2 aromatic carbocycles. The number of unbranched alkanes of at least 4 members (excludes halogenated alkanes) is 8. The van der Waals surface area contributed by atoms with Gasteiger partial charge in [0.2, 0.25) is 0 Å². The van der Waals surface area contributed by atoms with Crippen molar-refractivity contribution >= 4 is 20.9 Å². The predicted octanol–water partition coefficient (Wildman–Crippen LogP) is 3.77. The molecule has 0 aromatic heterocycles. The van der Waals surface area contributed by atoms with Gasteiger partial charge in [-0.25, -0.2) is 8.42 Å². The van der Waals surface area contributed by atoms with Crippen molar-refractivity contribution in [1.29, 1.82) is 0 Å². The van der Waals surface area contributed by atoms with Gasteiger partial charge in [-0.3, -0.25) is 0 Å². The van der Waals surface area contributed by atoms with Crippen LogP contribution < -0.4 is 51.4 Å². The number of aryl methyl sites for hydroxylation is 2. The minimum Gasteiger partial charge on any atom is -0.744 e. The molecule has 0 aliphatic carbocycles. The first-order chi connectivity index (χ1) is 13.5. The standard InChI is InChI=1S/C24H36O3S.K/c1-3-5-7-9-11-13-20-15-16-22-19-23(28(25,26)27)18-21(24(22)17-20)14-12-10-8-6-4-2;/h15-19H,3-14H2,1-2H3,(H,25,26,27);/q;+1/p-1. The third-order valence-corrected chi connectivity index (χ3v) is 6.30. The van der Waals surface area contributed by atoms with E-state index >= 15 is 0 Å². The van der Waals surface area contributed by atoms with Crippen molar-refractivity contribution in [3.63, 3.8) is 0 Å². The van der Waals surface area contributed by atoms with Crippen LogP contribution in [0.4, 0.5) is 0 Å². The molecular formula is C24H35KO3S. The number of rotatable bonds is 13. The van der Waals surface area contributed by atoms with Crippen LogP contribution in [0, 0.1) is 0 Å². The van der Waals surface area contributed by atoms with E-state index < -0.39 is 10.1 Å². The topological polar surface area (TPSA) is 57.2 Å². The van der Waals surface area contributed by atoms with Crippen LogP contribution in [0.1, 0.15) is 89.2 Å². The van der Waals surface area contributed by atoms with E-state index in [4.69, 9.17) is 0 Å². The third-order valence-electron chi connectivity index (χ3n) is 5.49. The molecule has 0 spiro atoms. The number of hydrogen-bond donors (Lipinski definition) is 0. The second kappa shape index (κ2) is 14.3. The SMILES string of the molecule is CCCCCCCc1ccc2cc(S(=O)(=O)[O-])cc(CCCCCCC)c2c1.[K+]. The van der Waals surface area contributed by atoms with Gasteiger partial charge in [-0.2, -0.15) is 0 Å². The molecule has 156 valence electrons. The minimum absolute atomic E-state index is 0. The minimum atomic E-state index is -4.44. The zero-order chi connectivity index (χ0) is 20.4. The molecule has 0 saturated carbocycles. The summed E-state index contributed by atoms with van der Waals surface area (Å²) < 4.78 is 34.7. The average molecular weight is 443 g/mol. The van der Waals surface area contributed by atoms with Crippen LogP contribution in [0.5, 0.6) is 0 Å². The molecule has 5 heteroatoms. The molecule has 0 unspecified atom stereocenters. The quantitative estimate of drug-likeness (QED) is 0.269. The molecule has 0 N–H and O–H groups in total. The van der Waals surface area contributed by atoms with E-state index in [1.165, 1.54) is 63.0 Å². The molecule has 0 radical (unpaired) electrons. The van der Waals surface area contributed by atoms with Gasteiger partial charge >= 0.3 is 51.4 Å². The van der Waals surface area contributed by atoms with Crippen LogP contribution in [-0.4, -0.2) is 13.0 Å². The molecule has 0 amide bonds. The molecule has 0 bridgehead atoms. The van der Waals surface area contributed by atoms with Crippen molar-refractivity contribution in [3.8, 4) is 0 Å². The maximum Gasteiger partial charge on any atom is 1.00 e. The summed E-state index contributed by atoms with van der Waals surface area (Å²) in [6.45, 7) is 4.42. The molecule has 0 aliphatic heterocycles. The maximum atomic E-state index is 11.6. The molecule has 0 fully saturated rings. The van der Waals surface area contributed by atoms with Crippen LogP contribution in [0.15, 0.2) is 35.2 Å². The van der Waals surface area contributed by atoms with Gasteiger partial charge in [-0.05, 0) is 59.7 Å². The van der Waals surface area contributed by atoms with E-state index in [2.05, 4.69) is 26.0 Å². The zero-order valence-corrected chi connectivity index (χ0v) is 22.4.